The van der Waals surface area contributed by atoms with Crippen molar-refractivity contribution in [2.24, 2.45) is 0 Å². The fraction of sp³-hybridized carbons (Fsp3) is 0.250. The summed E-state index contributed by atoms with van der Waals surface area (Å²) in [5.41, 5.74) is 2.17. The van der Waals surface area contributed by atoms with Crippen molar-refractivity contribution in [2.45, 2.75) is 32.6 Å². The Morgan fingerprint density at radius 2 is 1.63 bits per heavy atom. The molecule has 0 bridgehead atoms. The highest BCUT2D eigenvalue weighted by molar-refractivity contribution is 7.17. The minimum atomic E-state index is -0.797. The van der Waals surface area contributed by atoms with Crippen molar-refractivity contribution in [3.63, 3.8) is 0 Å². The van der Waals surface area contributed by atoms with E-state index < -0.39 is 36.3 Å². The summed E-state index contributed by atoms with van der Waals surface area (Å²) >= 11 is 1.34. The zero-order chi connectivity index (χ0) is 26.8. The van der Waals surface area contributed by atoms with Crippen LogP contribution < -0.4 is 10.2 Å². The molecule has 1 aliphatic carbocycles. The lowest BCUT2D eigenvalue weighted by molar-refractivity contribution is -0.119. The smallest absolute Gasteiger partial charge is 0.341 e. The van der Waals surface area contributed by atoms with Gasteiger partial charge >= 0.3 is 11.9 Å². The average Bonchev–Trinajstić information content (AvgIpc) is 3.41. The Morgan fingerprint density at radius 1 is 0.921 bits per heavy atom. The summed E-state index contributed by atoms with van der Waals surface area (Å²) in [7, 11) is 0. The third kappa shape index (κ3) is 4.70. The van der Waals surface area contributed by atoms with E-state index in [-0.39, 0.29) is 17.9 Å². The van der Waals surface area contributed by atoms with E-state index in [0.717, 1.165) is 41.0 Å². The van der Waals surface area contributed by atoms with Gasteiger partial charge in [0.2, 0.25) is 0 Å². The highest BCUT2D eigenvalue weighted by Crippen LogP contribution is 2.38. The molecule has 1 aromatic heterocycles. The van der Waals surface area contributed by atoms with Crippen molar-refractivity contribution in [3.8, 4) is 0 Å². The summed E-state index contributed by atoms with van der Waals surface area (Å²) < 4.78 is 10.4. The number of nitrogens with zero attached hydrogens (tertiary/aromatic N) is 1. The van der Waals surface area contributed by atoms with Gasteiger partial charge in [0.1, 0.15) is 5.00 Å². The summed E-state index contributed by atoms with van der Waals surface area (Å²) in [5, 5.41) is 3.09. The molecule has 1 N–H and O–H groups in total. The number of amides is 3. The van der Waals surface area contributed by atoms with Crippen LogP contribution in [-0.4, -0.2) is 42.9 Å². The van der Waals surface area contributed by atoms with Crippen LogP contribution in [0.3, 0.4) is 0 Å². The van der Waals surface area contributed by atoms with Crippen molar-refractivity contribution < 1.29 is 33.4 Å². The number of ether oxygens (including phenoxy) is 2. The lowest BCUT2D eigenvalue weighted by atomic mass is 9.95. The first-order chi connectivity index (χ1) is 18.4. The van der Waals surface area contributed by atoms with Crippen LogP contribution in [0.25, 0.3) is 0 Å². The number of thiophene rings is 1. The molecule has 0 unspecified atom stereocenters. The van der Waals surface area contributed by atoms with E-state index in [1.165, 1.54) is 29.5 Å². The molecule has 1 aliphatic heterocycles. The van der Waals surface area contributed by atoms with Crippen molar-refractivity contribution in [1.29, 1.82) is 0 Å². The lowest BCUT2D eigenvalue weighted by Gasteiger charge is -2.15. The number of imide groups is 1. The molecule has 2 heterocycles. The van der Waals surface area contributed by atoms with Crippen LogP contribution in [0.4, 0.5) is 10.7 Å². The van der Waals surface area contributed by atoms with Gasteiger partial charge in [-0.2, -0.15) is 0 Å². The number of hydrogen-bond donors (Lipinski definition) is 1. The number of anilines is 2. The molecule has 3 amide bonds. The van der Waals surface area contributed by atoms with Crippen LogP contribution in [0.1, 0.15) is 71.6 Å². The fourth-order valence-corrected chi connectivity index (χ4v) is 5.94. The summed E-state index contributed by atoms with van der Waals surface area (Å²) in [6.07, 6.45) is 3.55. The number of fused-ring (bicyclic) bond motifs is 2. The van der Waals surface area contributed by atoms with Gasteiger partial charge in [0, 0.05) is 4.88 Å². The van der Waals surface area contributed by atoms with Crippen molar-refractivity contribution >= 4 is 51.7 Å². The average molecular weight is 533 g/mol. The van der Waals surface area contributed by atoms with Crippen LogP contribution in [0.2, 0.25) is 0 Å². The Morgan fingerprint density at radius 3 is 2.34 bits per heavy atom. The number of esters is 2. The number of hydrogen-bond acceptors (Lipinski definition) is 8. The molecule has 3 aromatic rings. The molecule has 10 heteroatoms. The quantitative estimate of drug-likeness (QED) is 0.354. The molecule has 5 rings (SSSR count). The van der Waals surface area contributed by atoms with Crippen LogP contribution in [0, 0.1) is 0 Å². The van der Waals surface area contributed by atoms with E-state index in [2.05, 4.69) is 5.32 Å². The molecule has 0 atom stereocenters. The number of rotatable bonds is 7. The maximum atomic E-state index is 12.8. The van der Waals surface area contributed by atoms with E-state index in [4.69, 9.17) is 9.47 Å². The second-order valence-corrected chi connectivity index (χ2v) is 9.91. The molecule has 2 aromatic carbocycles. The summed E-state index contributed by atoms with van der Waals surface area (Å²) in [4.78, 5) is 65.5. The zero-order valence-corrected chi connectivity index (χ0v) is 21.4. The van der Waals surface area contributed by atoms with Crippen LogP contribution >= 0.6 is 11.3 Å². The zero-order valence-electron chi connectivity index (χ0n) is 20.6. The highest BCUT2D eigenvalue weighted by atomic mass is 32.1. The van der Waals surface area contributed by atoms with E-state index in [0.29, 0.717) is 21.7 Å². The monoisotopic (exact) mass is 532 g/mol. The first kappa shape index (κ1) is 25.3. The normalized spacial score (nSPS) is 14.1. The van der Waals surface area contributed by atoms with Crippen molar-refractivity contribution in [3.05, 3.63) is 81.2 Å². The number of carbonyl (C=O) groups is 5. The predicted molar refractivity (Wildman–Crippen MR) is 140 cm³/mol. The number of benzene rings is 2. The Kier molecular flexibility index (Phi) is 7.06. The summed E-state index contributed by atoms with van der Waals surface area (Å²) in [6.45, 7) is 1.35. The van der Waals surface area contributed by atoms with Gasteiger partial charge in [-0.3, -0.25) is 14.4 Å². The standard InChI is InChI=1S/C28H24N2O7S/c1-2-36-28(35)23-20-12-5-6-13-21(20)38-24(23)29-22(31)15-37-27(34)16-8-7-9-17(14-16)30-25(32)18-10-3-4-11-19(18)26(30)33/h3-4,7-11,14H,2,5-6,12-13,15H2,1H3,(H,29,31). The van der Waals surface area contributed by atoms with Gasteiger partial charge in [-0.1, -0.05) is 18.2 Å². The maximum Gasteiger partial charge on any atom is 0.341 e. The minimum Gasteiger partial charge on any atom is -0.462 e. The summed E-state index contributed by atoms with van der Waals surface area (Å²) in [6, 6.07) is 12.4. The van der Waals surface area contributed by atoms with E-state index in [1.54, 1.807) is 37.3 Å². The third-order valence-corrected chi connectivity index (χ3v) is 7.58. The van der Waals surface area contributed by atoms with Crippen LogP contribution in [0.5, 0.6) is 0 Å². The van der Waals surface area contributed by atoms with Gasteiger partial charge in [0.05, 0.1) is 34.5 Å². The molecule has 0 saturated heterocycles. The molecule has 9 nitrogen and oxygen atoms in total. The Hall–Kier alpha value is -4.31. The Balaban J connectivity index is 1.26. The Labute approximate surface area is 222 Å². The molecule has 0 radical (unpaired) electrons. The molecular formula is C28H24N2O7S. The van der Waals surface area contributed by atoms with Crippen molar-refractivity contribution in [1.82, 2.24) is 0 Å². The largest absolute Gasteiger partial charge is 0.462 e. The molecule has 0 saturated carbocycles. The molecule has 0 spiro atoms. The highest BCUT2D eigenvalue weighted by Gasteiger charge is 2.36. The number of aryl methyl sites for hydroxylation is 1. The SMILES string of the molecule is CCOC(=O)c1c(NC(=O)COC(=O)c2cccc(N3C(=O)c4ccccc4C3=O)c2)sc2c1CCCC2. The van der Waals surface area contributed by atoms with Gasteiger partial charge in [-0.25, -0.2) is 14.5 Å². The third-order valence-electron chi connectivity index (χ3n) is 6.37. The first-order valence-corrected chi connectivity index (χ1v) is 13.1. The van der Waals surface area contributed by atoms with Gasteiger partial charge in [-0.05, 0) is 68.5 Å². The van der Waals surface area contributed by atoms with Crippen LogP contribution in [0.15, 0.2) is 48.5 Å². The van der Waals surface area contributed by atoms with E-state index in [1.807, 2.05) is 0 Å². The van der Waals surface area contributed by atoms with Crippen molar-refractivity contribution in [2.75, 3.05) is 23.4 Å². The topological polar surface area (TPSA) is 119 Å². The van der Waals surface area contributed by atoms with Gasteiger partial charge in [0.15, 0.2) is 6.61 Å². The molecule has 2 aliphatic rings. The number of carbonyl (C=O) groups excluding carboxylic acids is 5. The Bertz CT molecular complexity index is 1440. The first-order valence-electron chi connectivity index (χ1n) is 12.3. The molecule has 0 fully saturated rings. The maximum absolute atomic E-state index is 12.8. The fourth-order valence-electron chi connectivity index (χ4n) is 4.65. The molecule has 38 heavy (non-hydrogen) atoms. The molecule has 194 valence electrons. The van der Waals surface area contributed by atoms with Gasteiger partial charge in [0.25, 0.3) is 17.7 Å². The van der Waals surface area contributed by atoms with E-state index in [9.17, 15) is 24.0 Å². The second-order valence-electron chi connectivity index (χ2n) is 8.80. The second kappa shape index (κ2) is 10.6. The number of nitrogens with one attached hydrogen (secondary N) is 1. The molecular weight excluding hydrogens is 508 g/mol. The summed E-state index contributed by atoms with van der Waals surface area (Å²) in [5.74, 6) is -2.84. The minimum absolute atomic E-state index is 0.0747. The van der Waals surface area contributed by atoms with E-state index >= 15 is 0 Å². The van der Waals surface area contributed by atoms with Crippen LogP contribution in [-0.2, 0) is 27.1 Å². The predicted octanol–water partition coefficient (Wildman–Crippen LogP) is 4.40. The van der Waals surface area contributed by atoms with Gasteiger partial charge < -0.3 is 14.8 Å². The lowest BCUT2D eigenvalue weighted by Crippen LogP contribution is -2.29. The van der Waals surface area contributed by atoms with Gasteiger partial charge in [-0.15, -0.1) is 11.3 Å².